The normalized spacial score (nSPS) is 14.8. The van der Waals surface area contributed by atoms with Crippen LogP contribution in [0, 0.1) is 5.82 Å². The van der Waals surface area contributed by atoms with Crippen molar-refractivity contribution in [3.05, 3.63) is 82.7 Å². The van der Waals surface area contributed by atoms with E-state index in [0.29, 0.717) is 38.0 Å². The van der Waals surface area contributed by atoms with Gasteiger partial charge >= 0.3 is 0 Å². The monoisotopic (exact) mass is 536 g/mol. The number of hydrogen-bond acceptors (Lipinski definition) is 6. The maximum Gasteiger partial charge on any atom is 0.165 e. The van der Waals surface area contributed by atoms with E-state index in [1.54, 1.807) is 32.4 Å². The molecule has 0 radical (unpaired) electrons. The van der Waals surface area contributed by atoms with Crippen LogP contribution < -0.4 is 14.4 Å². The molecule has 0 spiro atoms. The number of aryl methyl sites for hydroxylation is 1. The summed E-state index contributed by atoms with van der Waals surface area (Å²) in [5, 5.41) is 9.89. The predicted octanol–water partition coefficient (Wildman–Crippen LogP) is 5.80. The maximum absolute atomic E-state index is 15.0. The summed E-state index contributed by atoms with van der Waals surface area (Å²) in [4.78, 5) is 4.37. The van der Waals surface area contributed by atoms with Gasteiger partial charge in [0.2, 0.25) is 0 Å². The van der Waals surface area contributed by atoms with Crippen LogP contribution in [0.25, 0.3) is 0 Å². The van der Waals surface area contributed by atoms with Gasteiger partial charge in [-0.15, -0.1) is 0 Å². The van der Waals surface area contributed by atoms with E-state index in [-0.39, 0.29) is 11.6 Å². The number of ether oxygens (including phenoxy) is 3. The largest absolute Gasteiger partial charge is 0.508 e. The second-order valence-electron chi connectivity index (χ2n) is 10.2. The smallest absolute Gasteiger partial charge is 0.165 e. The van der Waals surface area contributed by atoms with Crippen molar-refractivity contribution in [3.63, 3.8) is 0 Å². The first kappa shape index (κ1) is 28.7. The Morgan fingerprint density at radius 2 is 1.79 bits per heavy atom. The number of hydrogen-bond donors (Lipinski definition) is 1. The molecular weight excluding hydrogens is 495 g/mol. The number of anilines is 1. The Morgan fingerprint density at radius 3 is 2.54 bits per heavy atom. The molecule has 0 aliphatic heterocycles. The quantitative estimate of drug-likeness (QED) is 0.298. The van der Waals surface area contributed by atoms with Gasteiger partial charge in [0.05, 0.1) is 13.7 Å². The zero-order valence-electron chi connectivity index (χ0n) is 23.6. The average molecular weight is 537 g/mol. The number of methoxy groups -OCH3 is 2. The summed E-state index contributed by atoms with van der Waals surface area (Å²) in [5.74, 6) is 1.41. The average Bonchev–Trinajstić information content (AvgIpc) is 2.95. The number of aromatic hydroxyl groups is 1. The van der Waals surface area contributed by atoms with Gasteiger partial charge in [0.15, 0.2) is 11.6 Å². The fraction of sp³-hybridized carbons (Fsp3) is 0.438. The van der Waals surface area contributed by atoms with E-state index in [2.05, 4.69) is 28.9 Å². The van der Waals surface area contributed by atoms with Crippen LogP contribution in [0.2, 0.25) is 0 Å². The van der Waals surface area contributed by atoms with E-state index >= 15 is 0 Å². The highest BCUT2D eigenvalue weighted by Crippen LogP contribution is 2.40. The van der Waals surface area contributed by atoms with Crippen LogP contribution >= 0.6 is 0 Å². The lowest BCUT2D eigenvalue weighted by Crippen LogP contribution is -2.27. The summed E-state index contributed by atoms with van der Waals surface area (Å²) in [7, 11) is 5.35. The molecule has 0 saturated heterocycles. The van der Waals surface area contributed by atoms with Gasteiger partial charge in [0.25, 0.3) is 0 Å². The second-order valence-corrected chi connectivity index (χ2v) is 10.2. The molecule has 7 heteroatoms. The number of phenols is 1. The van der Waals surface area contributed by atoms with Crippen molar-refractivity contribution in [1.29, 1.82) is 0 Å². The molecule has 0 fully saturated rings. The third kappa shape index (κ3) is 7.43. The highest BCUT2D eigenvalue weighted by Gasteiger charge is 2.25. The summed E-state index contributed by atoms with van der Waals surface area (Å²) in [6.45, 7) is 6.03. The lowest BCUT2D eigenvalue weighted by atomic mass is 9.79. The van der Waals surface area contributed by atoms with E-state index < -0.39 is 0 Å². The molecule has 0 heterocycles. The van der Waals surface area contributed by atoms with Gasteiger partial charge in [-0.05, 0) is 91.7 Å². The lowest BCUT2D eigenvalue weighted by molar-refractivity contribution is 0.149. The van der Waals surface area contributed by atoms with Crippen LogP contribution in [0.5, 0.6) is 17.2 Å². The Balaban J connectivity index is 1.49. The van der Waals surface area contributed by atoms with Crippen LogP contribution in [0.3, 0.4) is 0 Å². The summed E-state index contributed by atoms with van der Waals surface area (Å²) in [5.41, 5.74) is 5.79. The molecule has 0 unspecified atom stereocenters. The molecule has 1 atom stereocenters. The molecule has 0 aromatic heterocycles. The second kappa shape index (κ2) is 13.7. The van der Waals surface area contributed by atoms with Crippen molar-refractivity contribution in [2.75, 3.05) is 59.0 Å². The number of likely N-dealkylation sites (N-methyl/N-ethyl adjacent to an activating group) is 1. The molecule has 0 saturated carbocycles. The van der Waals surface area contributed by atoms with Crippen LogP contribution in [0.1, 0.15) is 41.5 Å². The molecule has 0 bridgehead atoms. The van der Waals surface area contributed by atoms with Crippen LogP contribution in [0.4, 0.5) is 10.1 Å². The van der Waals surface area contributed by atoms with E-state index in [0.717, 1.165) is 49.4 Å². The first-order chi connectivity index (χ1) is 18.9. The Hall–Kier alpha value is -3.29. The van der Waals surface area contributed by atoms with Crippen LogP contribution in [0.15, 0.2) is 54.6 Å². The minimum Gasteiger partial charge on any atom is -0.508 e. The Morgan fingerprint density at radius 1 is 0.974 bits per heavy atom. The third-order valence-electron chi connectivity index (χ3n) is 7.60. The number of nitrogens with zero attached hydrogens (tertiary/aromatic N) is 2. The molecule has 3 aromatic carbocycles. The predicted molar refractivity (Wildman–Crippen MR) is 154 cm³/mol. The summed E-state index contributed by atoms with van der Waals surface area (Å²) < 4.78 is 31.4. The number of halogens is 1. The standard InChI is InChI=1S/C32H41FN2O4/c1-5-35(22-23-6-13-32(30(33)18-23)39-17-15-34(2)14-16-37-3)31-21-28(38-4)11-12-29(31)26-8-7-25-20-27(36)10-9-24(25)19-26/h6,9-13,18,20-21,26,36H,5,7-8,14-17,19,22H2,1-4H3/t26-/m0/s1. The van der Waals surface area contributed by atoms with Gasteiger partial charge in [0, 0.05) is 45.0 Å². The minimum absolute atomic E-state index is 0.274. The van der Waals surface area contributed by atoms with Gasteiger partial charge in [-0.2, -0.15) is 0 Å². The summed E-state index contributed by atoms with van der Waals surface area (Å²) in [6, 6.07) is 17.3. The SMILES string of the molecule is CCN(Cc1ccc(OCCN(C)CCOC)c(F)c1)c1cc(OC)ccc1[C@H]1CCc2cc(O)ccc2C1. The molecule has 1 aliphatic rings. The Labute approximate surface area is 231 Å². The maximum atomic E-state index is 15.0. The first-order valence-electron chi connectivity index (χ1n) is 13.7. The van der Waals surface area contributed by atoms with Crippen molar-refractivity contribution in [2.24, 2.45) is 0 Å². The topological polar surface area (TPSA) is 54.4 Å². The lowest BCUT2D eigenvalue weighted by Gasteiger charge is -2.32. The van der Waals surface area contributed by atoms with E-state index in [9.17, 15) is 9.50 Å². The molecule has 39 heavy (non-hydrogen) atoms. The van der Waals surface area contributed by atoms with Crippen molar-refractivity contribution in [2.45, 2.75) is 38.6 Å². The van der Waals surface area contributed by atoms with E-state index in [1.807, 2.05) is 31.3 Å². The number of rotatable bonds is 13. The van der Waals surface area contributed by atoms with Crippen molar-refractivity contribution >= 4 is 5.69 Å². The molecular formula is C32H41FN2O4. The number of fused-ring (bicyclic) bond motifs is 1. The van der Waals surface area contributed by atoms with Crippen LogP contribution in [-0.4, -0.2) is 64.1 Å². The third-order valence-corrected chi connectivity index (χ3v) is 7.60. The van der Waals surface area contributed by atoms with Gasteiger partial charge in [0.1, 0.15) is 18.1 Å². The van der Waals surface area contributed by atoms with Gasteiger partial charge in [-0.3, -0.25) is 0 Å². The molecule has 6 nitrogen and oxygen atoms in total. The number of phenolic OH excluding ortho intramolecular Hbond substituents is 1. The van der Waals surface area contributed by atoms with Crippen molar-refractivity contribution in [1.82, 2.24) is 4.90 Å². The molecule has 4 rings (SSSR count). The zero-order chi connectivity index (χ0) is 27.8. The molecule has 3 aromatic rings. The molecule has 210 valence electrons. The Bertz CT molecular complexity index is 1230. The highest BCUT2D eigenvalue weighted by atomic mass is 19.1. The first-order valence-corrected chi connectivity index (χ1v) is 13.7. The van der Waals surface area contributed by atoms with E-state index in [4.69, 9.17) is 14.2 Å². The molecule has 0 amide bonds. The van der Waals surface area contributed by atoms with Crippen LogP contribution in [-0.2, 0) is 24.1 Å². The minimum atomic E-state index is -0.346. The number of benzene rings is 3. The van der Waals surface area contributed by atoms with Crippen molar-refractivity contribution < 1.29 is 23.7 Å². The van der Waals surface area contributed by atoms with Gasteiger partial charge in [-0.25, -0.2) is 4.39 Å². The zero-order valence-corrected chi connectivity index (χ0v) is 23.6. The van der Waals surface area contributed by atoms with Crippen molar-refractivity contribution in [3.8, 4) is 17.2 Å². The summed E-state index contributed by atoms with van der Waals surface area (Å²) in [6.07, 6.45) is 2.86. The fourth-order valence-electron chi connectivity index (χ4n) is 5.29. The van der Waals surface area contributed by atoms with E-state index in [1.165, 1.54) is 16.7 Å². The molecule has 1 aliphatic carbocycles. The summed E-state index contributed by atoms with van der Waals surface area (Å²) >= 11 is 0. The van der Waals surface area contributed by atoms with Gasteiger partial charge < -0.3 is 29.1 Å². The Kier molecular flexibility index (Phi) is 10.1. The van der Waals surface area contributed by atoms with Gasteiger partial charge in [-0.1, -0.05) is 18.2 Å². The fourth-order valence-corrected chi connectivity index (χ4v) is 5.29. The molecule has 1 N–H and O–H groups in total. The highest BCUT2D eigenvalue weighted by molar-refractivity contribution is 5.60.